The van der Waals surface area contributed by atoms with Gasteiger partial charge >= 0.3 is 6.03 Å². The molecule has 0 radical (unpaired) electrons. The number of hydroxylamine groups is 1. The predicted molar refractivity (Wildman–Crippen MR) is 110 cm³/mol. The average molecular weight is 389 g/mol. The molecule has 3 rings (SSSR count). The summed E-state index contributed by atoms with van der Waals surface area (Å²) < 4.78 is 5.82. The zero-order chi connectivity index (χ0) is 20.0. The summed E-state index contributed by atoms with van der Waals surface area (Å²) in [6.45, 7) is 10.2. The Morgan fingerprint density at radius 1 is 1.21 bits per heavy atom. The van der Waals surface area contributed by atoms with Crippen LogP contribution in [0, 0.1) is 5.41 Å². The quantitative estimate of drug-likeness (QED) is 0.696. The molecule has 1 aromatic rings. The highest BCUT2D eigenvalue weighted by atomic mass is 16.7. The first-order valence-corrected chi connectivity index (χ1v) is 10.1. The lowest BCUT2D eigenvalue weighted by Gasteiger charge is -2.26. The van der Waals surface area contributed by atoms with Gasteiger partial charge in [0.2, 0.25) is 0 Å². The van der Waals surface area contributed by atoms with Crippen LogP contribution in [0.1, 0.15) is 40.0 Å². The first-order valence-electron chi connectivity index (χ1n) is 10.1. The van der Waals surface area contributed by atoms with Gasteiger partial charge in [0.1, 0.15) is 24.3 Å². The molecular weight excluding hydrogens is 356 g/mol. The molecule has 2 amide bonds. The monoisotopic (exact) mass is 388 g/mol. The van der Waals surface area contributed by atoms with Crippen LogP contribution in [0.5, 0.6) is 5.75 Å². The standard InChI is InChI=1S/C21H32N4O3/c1-21(2,3)18-15-19(24-28-18)23-20(26)22-16-7-9-17(10-8-16)27-14-13-25-11-5-4-6-12-25/h7-10,15,19,24H,4-6,11-14H2,1-3H3,(H2,22,23,26). The van der Waals surface area contributed by atoms with E-state index in [4.69, 9.17) is 9.57 Å². The summed E-state index contributed by atoms with van der Waals surface area (Å²) in [6.07, 6.45) is 5.44. The van der Waals surface area contributed by atoms with Crippen molar-refractivity contribution in [3.8, 4) is 5.75 Å². The lowest BCUT2D eigenvalue weighted by atomic mass is 9.94. The Kier molecular flexibility index (Phi) is 6.80. The molecule has 28 heavy (non-hydrogen) atoms. The van der Waals surface area contributed by atoms with Gasteiger partial charge in [-0.1, -0.05) is 27.2 Å². The average Bonchev–Trinajstić information content (AvgIpc) is 3.13. The molecule has 1 saturated heterocycles. The van der Waals surface area contributed by atoms with Crippen molar-refractivity contribution < 1.29 is 14.4 Å². The van der Waals surface area contributed by atoms with E-state index < -0.39 is 0 Å². The molecule has 0 saturated carbocycles. The van der Waals surface area contributed by atoms with E-state index in [9.17, 15) is 4.79 Å². The topological polar surface area (TPSA) is 74.9 Å². The van der Waals surface area contributed by atoms with Crippen molar-refractivity contribution in [1.29, 1.82) is 0 Å². The molecule has 2 aliphatic heterocycles. The minimum absolute atomic E-state index is 0.107. The van der Waals surface area contributed by atoms with Crippen LogP contribution in [0.15, 0.2) is 36.1 Å². The predicted octanol–water partition coefficient (Wildman–Crippen LogP) is 3.46. The summed E-state index contributed by atoms with van der Waals surface area (Å²) in [5.74, 6) is 1.62. The maximum Gasteiger partial charge on any atom is 0.320 e. The zero-order valence-corrected chi connectivity index (χ0v) is 17.1. The van der Waals surface area contributed by atoms with Crippen LogP contribution >= 0.6 is 0 Å². The first kappa shape index (κ1) is 20.5. The molecule has 1 atom stereocenters. The van der Waals surface area contributed by atoms with Crippen LogP contribution in [0.25, 0.3) is 0 Å². The van der Waals surface area contributed by atoms with E-state index >= 15 is 0 Å². The Balaban J connectivity index is 1.40. The fourth-order valence-electron chi connectivity index (χ4n) is 3.24. The molecule has 0 aliphatic carbocycles. The van der Waals surface area contributed by atoms with Gasteiger partial charge in [-0.25, -0.2) is 4.79 Å². The second-order valence-electron chi connectivity index (χ2n) is 8.35. The molecule has 0 bridgehead atoms. The van der Waals surface area contributed by atoms with Crippen LogP contribution in [0.3, 0.4) is 0 Å². The van der Waals surface area contributed by atoms with Crippen LogP contribution < -0.4 is 20.9 Å². The Bertz CT molecular complexity index is 676. The van der Waals surface area contributed by atoms with Crippen LogP contribution in [-0.2, 0) is 4.84 Å². The van der Waals surface area contributed by atoms with Crippen molar-refractivity contribution in [2.45, 2.75) is 46.2 Å². The SMILES string of the molecule is CC(C)(C)C1=CC(NC(=O)Nc2ccc(OCCN3CCCCC3)cc2)NO1. The third kappa shape index (κ3) is 6.14. The number of hydrogen-bond donors (Lipinski definition) is 3. The van der Waals surface area contributed by atoms with Gasteiger partial charge in [-0.3, -0.25) is 4.90 Å². The molecule has 1 aromatic carbocycles. The number of hydrogen-bond acceptors (Lipinski definition) is 5. The summed E-state index contributed by atoms with van der Waals surface area (Å²) in [5.41, 5.74) is 3.40. The van der Waals surface area contributed by atoms with Gasteiger partial charge in [0, 0.05) is 17.6 Å². The Labute approximate surface area is 167 Å². The van der Waals surface area contributed by atoms with E-state index in [1.807, 2.05) is 30.3 Å². The Hall–Kier alpha value is -2.25. The van der Waals surface area contributed by atoms with Crippen molar-refractivity contribution in [3.05, 3.63) is 36.1 Å². The smallest absolute Gasteiger partial charge is 0.320 e. The molecule has 3 N–H and O–H groups in total. The molecule has 2 aliphatic rings. The van der Waals surface area contributed by atoms with Crippen LogP contribution in [0.2, 0.25) is 0 Å². The highest BCUT2D eigenvalue weighted by molar-refractivity contribution is 5.89. The molecule has 0 spiro atoms. The molecule has 0 aromatic heterocycles. The van der Waals surface area contributed by atoms with E-state index in [2.05, 4.69) is 41.8 Å². The number of amides is 2. The number of urea groups is 1. The number of anilines is 1. The van der Waals surface area contributed by atoms with Gasteiger partial charge in [0.15, 0.2) is 0 Å². The Morgan fingerprint density at radius 3 is 2.57 bits per heavy atom. The third-order valence-electron chi connectivity index (χ3n) is 4.88. The van der Waals surface area contributed by atoms with Gasteiger partial charge < -0.3 is 20.2 Å². The number of benzene rings is 1. The third-order valence-corrected chi connectivity index (χ3v) is 4.88. The number of piperidine rings is 1. The zero-order valence-electron chi connectivity index (χ0n) is 17.1. The van der Waals surface area contributed by atoms with Gasteiger partial charge in [0.25, 0.3) is 0 Å². The summed E-state index contributed by atoms with van der Waals surface area (Å²) >= 11 is 0. The van der Waals surface area contributed by atoms with E-state index in [0.29, 0.717) is 12.3 Å². The second-order valence-corrected chi connectivity index (χ2v) is 8.35. The number of nitrogens with one attached hydrogen (secondary N) is 3. The molecule has 154 valence electrons. The number of carbonyl (C=O) groups excluding carboxylic acids is 1. The van der Waals surface area contributed by atoms with Gasteiger partial charge in [-0.15, -0.1) is 5.48 Å². The van der Waals surface area contributed by atoms with Crippen molar-refractivity contribution in [3.63, 3.8) is 0 Å². The Morgan fingerprint density at radius 2 is 1.93 bits per heavy atom. The van der Waals surface area contributed by atoms with E-state index in [1.165, 1.54) is 32.4 Å². The van der Waals surface area contributed by atoms with Crippen LogP contribution in [0.4, 0.5) is 10.5 Å². The summed E-state index contributed by atoms with van der Waals surface area (Å²) in [4.78, 5) is 20.0. The van der Waals surface area contributed by atoms with Gasteiger partial charge in [-0.2, -0.15) is 0 Å². The number of rotatable bonds is 6. The molecule has 7 nitrogen and oxygen atoms in total. The molecule has 2 heterocycles. The minimum Gasteiger partial charge on any atom is -0.492 e. The van der Waals surface area contributed by atoms with Crippen molar-refractivity contribution >= 4 is 11.7 Å². The highest BCUT2D eigenvalue weighted by Crippen LogP contribution is 2.28. The fourth-order valence-corrected chi connectivity index (χ4v) is 3.24. The number of carbonyl (C=O) groups is 1. The summed E-state index contributed by atoms with van der Waals surface area (Å²) in [6, 6.07) is 7.13. The van der Waals surface area contributed by atoms with Crippen molar-refractivity contribution in [1.82, 2.24) is 15.7 Å². The van der Waals surface area contributed by atoms with E-state index in [1.54, 1.807) is 0 Å². The number of likely N-dealkylation sites (tertiary alicyclic amines) is 1. The van der Waals surface area contributed by atoms with Gasteiger partial charge in [-0.05, 0) is 56.3 Å². The van der Waals surface area contributed by atoms with Crippen LogP contribution in [-0.4, -0.2) is 43.3 Å². The molecule has 1 unspecified atom stereocenters. The van der Waals surface area contributed by atoms with E-state index in [0.717, 1.165) is 18.1 Å². The summed E-state index contributed by atoms with van der Waals surface area (Å²) in [7, 11) is 0. The highest BCUT2D eigenvalue weighted by Gasteiger charge is 2.27. The lowest BCUT2D eigenvalue weighted by Crippen LogP contribution is -2.43. The largest absolute Gasteiger partial charge is 0.492 e. The number of allylic oxidation sites excluding steroid dienone is 1. The normalized spacial score (nSPS) is 20.2. The van der Waals surface area contributed by atoms with Crippen molar-refractivity contribution in [2.24, 2.45) is 5.41 Å². The first-order chi connectivity index (χ1) is 13.4. The lowest BCUT2D eigenvalue weighted by molar-refractivity contribution is 0.0755. The van der Waals surface area contributed by atoms with Gasteiger partial charge in [0.05, 0.1) is 0 Å². The molecule has 1 fully saturated rings. The number of nitrogens with zero attached hydrogens (tertiary/aromatic N) is 1. The second kappa shape index (κ2) is 9.30. The minimum atomic E-state index is -0.355. The van der Waals surface area contributed by atoms with Crippen molar-refractivity contribution in [2.75, 3.05) is 31.6 Å². The fraction of sp³-hybridized carbons (Fsp3) is 0.571. The summed E-state index contributed by atoms with van der Waals surface area (Å²) in [5, 5.41) is 5.63. The van der Waals surface area contributed by atoms with E-state index in [-0.39, 0.29) is 17.6 Å². The maximum absolute atomic E-state index is 12.2. The maximum atomic E-state index is 12.2. The molecule has 7 heteroatoms. The number of ether oxygens (including phenoxy) is 1. The molecular formula is C21H32N4O3.